The van der Waals surface area contributed by atoms with E-state index in [1.165, 1.54) is 83.5 Å². The number of aliphatic hydroxyl groups excluding tert-OH is 1. The zero-order valence-electron chi connectivity index (χ0n) is 25.5. The van der Waals surface area contributed by atoms with E-state index in [0.717, 1.165) is 38.5 Å². The van der Waals surface area contributed by atoms with Crippen LogP contribution in [0.3, 0.4) is 0 Å². The molecule has 0 saturated heterocycles. The van der Waals surface area contributed by atoms with E-state index < -0.39 is 26.5 Å². The predicted molar refractivity (Wildman–Crippen MR) is 160 cm³/mol. The normalized spacial score (nSPS) is 13.6. The third-order valence-electron chi connectivity index (χ3n) is 6.79. The van der Waals surface area contributed by atoms with Gasteiger partial charge in [-0.3, -0.25) is 18.6 Å². The maximum atomic E-state index is 12.0. The molecule has 10 heteroatoms. The van der Waals surface area contributed by atoms with E-state index in [0.29, 0.717) is 6.42 Å². The van der Waals surface area contributed by atoms with Crippen LogP contribution in [0.25, 0.3) is 0 Å². The SMILES string of the molecule is CCCCCCCCCCCCC(=O)OCC(O)COP(=O)(O)OCCNC(=O)CCCCCCCCCCC. The van der Waals surface area contributed by atoms with E-state index in [-0.39, 0.29) is 32.1 Å². The molecule has 40 heavy (non-hydrogen) atoms. The van der Waals surface area contributed by atoms with Crippen molar-refractivity contribution in [2.24, 2.45) is 0 Å². The second-order valence-corrected chi connectivity index (χ2v) is 12.2. The molecule has 0 radical (unpaired) electrons. The van der Waals surface area contributed by atoms with Gasteiger partial charge in [-0.15, -0.1) is 0 Å². The number of phosphoric ester groups is 1. The summed E-state index contributed by atoms with van der Waals surface area (Å²) in [5.41, 5.74) is 0. The predicted octanol–water partition coefficient (Wildman–Crippen LogP) is 7.37. The van der Waals surface area contributed by atoms with Gasteiger partial charge in [0.25, 0.3) is 0 Å². The van der Waals surface area contributed by atoms with Gasteiger partial charge in [0.2, 0.25) is 5.91 Å². The molecule has 0 bridgehead atoms. The molecule has 3 N–H and O–H groups in total. The number of nitrogens with one attached hydrogen (secondary N) is 1. The van der Waals surface area contributed by atoms with Gasteiger partial charge in [-0.25, -0.2) is 4.57 Å². The smallest absolute Gasteiger partial charge is 0.463 e. The maximum Gasteiger partial charge on any atom is 0.472 e. The molecule has 0 rings (SSSR count). The molecule has 9 nitrogen and oxygen atoms in total. The third-order valence-corrected chi connectivity index (χ3v) is 7.77. The Bertz CT molecular complexity index is 649. The van der Waals surface area contributed by atoms with Crippen LogP contribution < -0.4 is 5.32 Å². The number of phosphoric acid groups is 1. The minimum Gasteiger partial charge on any atom is -0.463 e. The Morgan fingerprint density at radius 1 is 0.675 bits per heavy atom. The molecule has 0 aromatic rings. The Labute approximate surface area is 244 Å². The highest BCUT2D eigenvalue weighted by Crippen LogP contribution is 2.42. The minimum atomic E-state index is -4.39. The Morgan fingerprint density at radius 3 is 1.62 bits per heavy atom. The average molecular weight is 594 g/mol. The van der Waals surface area contributed by atoms with Crippen LogP contribution in [0.15, 0.2) is 0 Å². The Kier molecular flexibility index (Phi) is 27.4. The van der Waals surface area contributed by atoms with Crippen LogP contribution in [0.4, 0.5) is 0 Å². The number of aliphatic hydroxyl groups is 1. The highest BCUT2D eigenvalue weighted by atomic mass is 31.2. The van der Waals surface area contributed by atoms with Gasteiger partial charge in [0, 0.05) is 19.4 Å². The topological polar surface area (TPSA) is 131 Å². The number of carbonyl (C=O) groups excluding carboxylic acids is 2. The van der Waals surface area contributed by atoms with Crippen LogP contribution in [0.5, 0.6) is 0 Å². The van der Waals surface area contributed by atoms with Gasteiger partial charge in [0.05, 0.1) is 13.2 Å². The van der Waals surface area contributed by atoms with Gasteiger partial charge >= 0.3 is 13.8 Å². The second kappa shape index (κ2) is 28.1. The van der Waals surface area contributed by atoms with Crippen molar-refractivity contribution in [1.82, 2.24) is 5.32 Å². The summed E-state index contributed by atoms with van der Waals surface area (Å²) in [6.07, 6.45) is 21.8. The average Bonchev–Trinajstić information content (AvgIpc) is 2.93. The van der Waals surface area contributed by atoms with Crippen LogP contribution in [0.2, 0.25) is 0 Å². The van der Waals surface area contributed by atoms with Crippen molar-refractivity contribution in [3.63, 3.8) is 0 Å². The molecule has 0 aliphatic carbocycles. The van der Waals surface area contributed by atoms with Gasteiger partial charge < -0.3 is 20.1 Å². The van der Waals surface area contributed by atoms with Crippen molar-refractivity contribution in [2.75, 3.05) is 26.4 Å². The van der Waals surface area contributed by atoms with E-state index in [9.17, 15) is 24.2 Å². The van der Waals surface area contributed by atoms with Crippen LogP contribution in [-0.2, 0) is 27.9 Å². The second-order valence-electron chi connectivity index (χ2n) is 10.8. The summed E-state index contributed by atoms with van der Waals surface area (Å²) in [4.78, 5) is 33.4. The summed E-state index contributed by atoms with van der Waals surface area (Å²) in [6, 6.07) is 0. The molecule has 0 aliphatic heterocycles. The molecule has 0 spiro atoms. The van der Waals surface area contributed by atoms with Crippen LogP contribution in [0, 0.1) is 0 Å². The van der Waals surface area contributed by atoms with Crippen molar-refractivity contribution >= 4 is 19.7 Å². The third kappa shape index (κ3) is 28.5. The molecule has 2 unspecified atom stereocenters. The summed E-state index contributed by atoms with van der Waals surface area (Å²) in [5, 5.41) is 12.5. The van der Waals surface area contributed by atoms with Crippen molar-refractivity contribution < 1.29 is 37.9 Å². The van der Waals surface area contributed by atoms with E-state index in [1.807, 2.05) is 0 Å². The molecule has 0 fully saturated rings. The van der Waals surface area contributed by atoms with E-state index >= 15 is 0 Å². The van der Waals surface area contributed by atoms with Crippen molar-refractivity contribution in [2.45, 2.75) is 155 Å². The number of carbonyl (C=O) groups is 2. The zero-order chi connectivity index (χ0) is 29.7. The molecular weight excluding hydrogens is 533 g/mol. The largest absolute Gasteiger partial charge is 0.472 e. The lowest BCUT2D eigenvalue weighted by Gasteiger charge is -2.15. The van der Waals surface area contributed by atoms with Crippen LogP contribution in [0.1, 0.15) is 149 Å². The number of hydrogen-bond donors (Lipinski definition) is 3. The molecular formula is C30H60NO8P. The number of esters is 1. The van der Waals surface area contributed by atoms with Gasteiger partial charge in [-0.05, 0) is 12.8 Å². The van der Waals surface area contributed by atoms with Crippen LogP contribution in [-0.4, -0.2) is 54.3 Å². The summed E-state index contributed by atoms with van der Waals surface area (Å²) < 4.78 is 26.6. The fourth-order valence-electron chi connectivity index (χ4n) is 4.32. The lowest BCUT2D eigenvalue weighted by atomic mass is 10.1. The fraction of sp³-hybridized carbons (Fsp3) is 0.933. The summed E-state index contributed by atoms with van der Waals surface area (Å²) in [5.74, 6) is -0.518. The number of ether oxygens (including phenoxy) is 1. The first-order chi connectivity index (χ1) is 19.3. The van der Waals surface area contributed by atoms with Crippen molar-refractivity contribution in [3.05, 3.63) is 0 Å². The zero-order valence-corrected chi connectivity index (χ0v) is 26.4. The lowest BCUT2D eigenvalue weighted by Crippen LogP contribution is -2.27. The number of rotatable bonds is 30. The molecule has 0 heterocycles. The summed E-state index contributed by atoms with van der Waals surface area (Å²) >= 11 is 0. The molecule has 0 aromatic carbocycles. The number of hydrogen-bond acceptors (Lipinski definition) is 7. The highest BCUT2D eigenvalue weighted by molar-refractivity contribution is 7.47. The summed E-state index contributed by atoms with van der Waals surface area (Å²) in [7, 11) is -4.39. The number of unbranched alkanes of at least 4 members (excludes halogenated alkanes) is 17. The first-order valence-corrected chi connectivity index (χ1v) is 17.5. The number of amides is 1. The molecule has 1 amide bonds. The summed E-state index contributed by atoms with van der Waals surface area (Å²) in [6.45, 7) is 3.50. The molecule has 0 aliphatic rings. The van der Waals surface area contributed by atoms with Gasteiger partial charge in [0.15, 0.2) is 0 Å². The van der Waals surface area contributed by atoms with Crippen LogP contribution >= 0.6 is 7.82 Å². The molecule has 0 saturated carbocycles. The van der Waals surface area contributed by atoms with E-state index in [4.69, 9.17) is 13.8 Å². The van der Waals surface area contributed by atoms with E-state index in [2.05, 4.69) is 19.2 Å². The lowest BCUT2D eigenvalue weighted by molar-refractivity contribution is -0.147. The standard InChI is InChI=1S/C30H60NO8P/c1-3-5-7-9-11-13-15-17-19-21-23-30(34)37-26-28(32)27-39-40(35,36)38-25-24-31-29(33)22-20-18-16-14-12-10-8-6-4-2/h28,32H,3-27H2,1-2H3,(H,31,33)(H,35,36). The molecule has 238 valence electrons. The van der Waals surface area contributed by atoms with Gasteiger partial charge in [0.1, 0.15) is 12.7 Å². The first kappa shape index (κ1) is 39.0. The Morgan fingerprint density at radius 2 is 1.12 bits per heavy atom. The van der Waals surface area contributed by atoms with E-state index in [1.54, 1.807) is 0 Å². The van der Waals surface area contributed by atoms with Crippen molar-refractivity contribution in [1.29, 1.82) is 0 Å². The van der Waals surface area contributed by atoms with Gasteiger partial charge in [-0.2, -0.15) is 0 Å². The van der Waals surface area contributed by atoms with Gasteiger partial charge in [-0.1, -0.05) is 123 Å². The Balaban J connectivity index is 3.66. The molecule has 0 aromatic heterocycles. The highest BCUT2D eigenvalue weighted by Gasteiger charge is 2.23. The minimum absolute atomic E-state index is 0.0866. The molecule has 2 atom stereocenters. The monoisotopic (exact) mass is 593 g/mol. The van der Waals surface area contributed by atoms with Crippen molar-refractivity contribution in [3.8, 4) is 0 Å². The fourth-order valence-corrected chi connectivity index (χ4v) is 5.08. The Hall–Kier alpha value is -0.990. The quantitative estimate of drug-likeness (QED) is 0.0447. The maximum absolute atomic E-state index is 12.0. The first-order valence-electron chi connectivity index (χ1n) is 16.0.